The standard InChI is InChI=1S/C5H10FNO2.V/c1-4(9)7-2-5(6)3-8;/h5,8H,2-3H2,1H3,(H,7,9);. The molecule has 2 N–H and O–H groups in total. The van der Waals surface area contributed by atoms with Crippen molar-refractivity contribution in [3.8, 4) is 0 Å². The van der Waals surface area contributed by atoms with Gasteiger partial charge < -0.3 is 10.4 Å². The van der Waals surface area contributed by atoms with Crippen LogP contribution in [0.1, 0.15) is 6.92 Å². The number of aliphatic hydroxyl groups excluding tert-OH is 1. The van der Waals surface area contributed by atoms with E-state index in [1.807, 2.05) is 0 Å². The monoisotopic (exact) mass is 186 g/mol. The summed E-state index contributed by atoms with van der Waals surface area (Å²) in [4.78, 5) is 10.1. The Morgan fingerprint density at radius 2 is 2.30 bits per heavy atom. The Balaban J connectivity index is 0. The second kappa shape index (κ2) is 7.06. The van der Waals surface area contributed by atoms with E-state index in [2.05, 4.69) is 5.32 Å². The van der Waals surface area contributed by atoms with Gasteiger partial charge >= 0.3 is 0 Å². The summed E-state index contributed by atoms with van der Waals surface area (Å²) in [5, 5.41) is 10.3. The van der Waals surface area contributed by atoms with Crippen LogP contribution < -0.4 is 5.32 Å². The van der Waals surface area contributed by atoms with E-state index < -0.39 is 12.8 Å². The third kappa shape index (κ3) is 7.94. The van der Waals surface area contributed by atoms with E-state index in [4.69, 9.17) is 5.11 Å². The van der Waals surface area contributed by atoms with Crippen LogP contribution in [0.25, 0.3) is 0 Å². The molecular weight excluding hydrogens is 176 g/mol. The van der Waals surface area contributed by atoms with Crippen LogP contribution in [0.3, 0.4) is 0 Å². The Morgan fingerprint density at radius 3 is 2.60 bits per heavy atom. The van der Waals surface area contributed by atoms with Crippen molar-refractivity contribution in [1.82, 2.24) is 5.32 Å². The van der Waals surface area contributed by atoms with Crippen molar-refractivity contribution in [2.75, 3.05) is 13.2 Å². The van der Waals surface area contributed by atoms with E-state index in [9.17, 15) is 9.18 Å². The molecule has 0 spiro atoms. The zero-order valence-corrected chi connectivity index (χ0v) is 7.07. The second-order valence-electron chi connectivity index (χ2n) is 1.72. The zero-order valence-electron chi connectivity index (χ0n) is 5.67. The van der Waals surface area contributed by atoms with Crippen LogP contribution in [-0.2, 0) is 23.4 Å². The maximum absolute atomic E-state index is 12.0. The first-order chi connectivity index (χ1) is 4.16. The maximum atomic E-state index is 12.0. The minimum Gasteiger partial charge on any atom is -0.393 e. The molecule has 3 nitrogen and oxygen atoms in total. The molecule has 1 atom stereocenters. The van der Waals surface area contributed by atoms with Gasteiger partial charge in [0.05, 0.1) is 13.2 Å². The summed E-state index contributed by atoms with van der Waals surface area (Å²) in [5.41, 5.74) is 0. The molecule has 10 heavy (non-hydrogen) atoms. The normalized spacial score (nSPS) is 11.5. The summed E-state index contributed by atoms with van der Waals surface area (Å²) in [6.07, 6.45) is -1.34. The van der Waals surface area contributed by atoms with Crippen LogP contribution >= 0.6 is 0 Å². The summed E-state index contributed by atoms with van der Waals surface area (Å²) in [7, 11) is 0. The first-order valence-corrected chi connectivity index (χ1v) is 2.66. The molecule has 0 aromatic rings. The van der Waals surface area contributed by atoms with E-state index in [0.717, 1.165) is 0 Å². The summed E-state index contributed by atoms with van der Waals surface area (Å²) in [6, 6.07) is 0. The fourth-order valence-corrected chi connectivity index (χ4v) is 0.319. The number of hydrogen-bond donors (Lipinski definition) is 2. The van der Waals surface area contributed by atoms with Gasteiger partial charge in [-0.3, -0.25) is 4.79 Å². The van der Waals surface area contributed by atoms with Crippen LogP contribution in [0, 0.1) is 0 Å². The average molecular weight is 186 g/mol. The van der Waals surface area contributed by atoms with Crippen LogP contribution in [-0.4, -0.2) is 30.3 Å². The second-order valence-corrected chi connectivity index (χ2v) is 1.72. The molecule has 0 rings (SSSR count). The molecule has 0 aromatic carbocycles. The molecule has 0 aromatic heterocycles. The van der Waals surface area contributed by atoms with Crippen LogP contribution in [0.15, 0.2) is 0 Å². The van der Waals surface area contributed by atoms with Crippen LogP contribution in [0.4, 0.5) is 4.39 Å². The largest absolute Gasteiger partial charge is 0.393 e. The zero-order chi connectivity index (χ0) is 7.28. The first kappa shape index (κ1) is 12.6. The van der Waals surface area contributed by atoms with Gasteiger partial charge in [0, 0.05) is 25.5 Å². The van der Waals surface area contributed by atoms with Gasteiger partial charge in [0.1, 0.15) is 6.17 Å². The van der Waals surface area contributed by atoms with Gasteiger partial charge in [0.15, 0.2) is 0 Å². The van der Waals surface area contributed by atoms with Gasteiger partial charge in [0.2, 0.25) is 5.91 Å². The van der Waals surface area contributed by atoms with Gasteiger partial charge in [-0.2, -0.15) is 0 Å². The fraction of sp³-hybridized carbons (Fsp3) is 0.800. The quantitative estimate of drug-likeness (QED) is 0.621. The predicted octanol–water partition coefficient (Wildman–Crippen LogP) is -0.550. The van der Waals surface area contributed by atoms with Gasteiger partial charge in [-0.1, -0.05) is 0 Å². The molecular formula is C5H10FNO2V. The van der Waals surface area contributed by atoms with Gasteiger partial charge in [-0.15, -0.1) is 0 Å². The van der Waals surface area contributed by atoms with E-state index >= 15 is 0 Å². The molecule has 0 heterocycles. The number of aliphatic hydroxyl groups is 1. The van der Waals surface area contributed by atoms with Crippen LogP contribution in [0.2, 0.25) is 0 Å². The van der Waals surface area contributed by atoms with E-state index in [-0.39, 0.29) is 31.0 Å². The fourth-order valence-electron chi connectivity index (χ4n) is 0.319. The Bertz CT molecular complexity index is 102. The first-order valence-electron chi connectivity index (χ1n) is 2.66. The molecule has 0 aliphatic heterocycles. The summed E-state index contributed by atoms with van der Waals surface area (Å²) >= 11 is 0. The molecule has 1 radical (unpaired) electrons. The minimum absolute atomic E-state index is 0. The van der Waals surface area contributed by atoms with Crippen molar-refractivity contribution in [2.24, 2.45) is 0 Å². The van der Waals surface area contributed by atoms with E-state index in [0.29, 0.717) is 0 Å². The number of hydrogen-bond acceptors (Lipinski definition) is 2. The molecule has 0 aliphatic rings. The van der Waals surface area contributed by atoms with Gasteiger partial charge in [-0.05, 0) is 0 Å². The van der Waals surface area contributed by atoms with Crippen molar-refractivity contribution in [3.05, 3.63) is 0 Å². The smallest absolute Gasteiger partial charge is 0.216 e. The number of nitrogens with one attached hydrogen (secondary N) is 1. The predicted molar refractivity (Wildman–Crippen MR) is 30.7 cm³/mol. The van der Waals surface area contributed by atoms with E-state index in [1.165, 1.54) is 6.92 Å². The molecule has 0 aliphatic carbocycles. The number of carbonyl (C=O) groups is 1. The number of rotatable bonds is 3. The number of halogens is 1. The van der Waals surface area contributed by atoms with Crippen molar-refractivity contribution < 1.29 is 32.8 Å². The number of alkyl halides is 1. The maximum Gasteiger partial charge on any atom is 0.216 e. The number of carbonyl (C=O) groups excluding carboxylic acids is 1. The molecule has 0 bridgehead atoms. The molecule has 0 saturated carbocycles. The SMILES string of the molecule is CC(=O)NCC(F)CO.[V]. The van der Waals surface area contributed by atoms with Gasteiger partial charge in [-0.25, -0.2) is 4.39 Å². The molecule has 1 unspecified atom stereocenters. The minimum atomic E-state index is -1.34. The molecule has 0 saturated heterocycles. The van der Waals surface area contributed by atoms with Crippen molar-refractivity contribution in [2.45, 2.75) is 13.1 Å². The third-order valence-corrected chi connectivity index (χ3v) is 0.771. The van der Waals surface area contributed by atoms with E-state index in [1.54, 1.807) is 0 Å². The van der Waals surface area contributed by atoms with Crippen molar-refractivity contribution >= 4 is 5.91 Å². The average Bonchev–Trinajstić information content (AvgIpc) is 1.83. The molecule has 5 heteroatoms. The topological polar surface area (TPSA) is 49.3 Å². The van der Waals surface area contributed by atoms with Crippen molar-refractivity contribution in [1.29, 1.82) is 0 Å². The van der Waals surface area contributed by atoms with Crippen molar-refractivity contribution in [3.63, 3.8) is 0 Å². The van der Waals surface area contributed by atoms with Crippen LogP contribution in [0.5, 0.6) is 0 Å². The third-order valence-electron chi connectivity index (χ3n) is 0.771. The Morgan fingerprint density at radius 1 is 1.80 bits per heavy atom. The molecule has 0 fully saturated rings. The Kier molecular flexibility index (Phi) is 8.89. The summed E-state index contributed by atoms with van der Waals surface area (Å²) in [6.45, 7) is 0.649. The Hall–Kier alpha value is -0.0556. The summed E-state index contributed by atoms with van der Waals surface area (Å²) < 4.78 is 12.0. The van der Waals surface area contributed by atoms with Gasteiger partial charge in [0.25, 0.3) is 0 Å². The summed E-state index contributed by atoms with van der Waals surface area (Å²) in [5.74, 6) is -0.286. The molecule has 1 amide bonds. The Labute approximate surface area is 70.9 Å². The number of amides is 1. The molecule has 59 valence electrons.